The number of unbranched alkanes of at least 4 members (excludes halogenated alkanes) is 23. The Morgan fingerprint density at radius 1 is 0.375 bits per heavy atom. The van der Waals surface area contributed by atoms with Gasteiger partial charge in [0.05, 0.1) is 0 Å². The van der Waals surface area contributed by atoms with Crippen LogP contribution in [0.2, 0.25) is 0 Å². The zero-order valence-corrected chi connectivity index (χ0v) is 36.9. The maximum absolute atomic E-state index is 12.7. The Morgan fingerprint density at radius 3 is 1.05 bits per heavy atom. The Morgan fingerprint density at radius 2 is 0.696 bits per heavy atom. The SMILES string of the molecule is CC/C=C\C/C=C\C/C=C\C/C=C\CCC(=O)OC(COC(=O)CCCCCCCCC)COC(=O)CCCCCCCCCCCCCCCCCCCC. The van der Waals surface area contributed by atoms with Crippen molar-refractivity contribution in [2.24, 2.45) is 0 Å². The Labute approximate surface area is 346 Å². The van der Waals surface area contributed by atoms with Gasteiger partial charge in [-0.05, 0) is 44.9 Å². The molecule has 0 aromatic rings. The van der Waals surface area contributed by atoms with Crippen molar-refractivity contribution in [3.05, 3.63) is 48.6 Å². The number of carbonyl (C=O) groups is 3. The summed E-state index contributed by atoms with van der Waals surface area (Å²) in [5.41, 5.74) is 0. The van der Waals surface area contributed by atoms with Crippen LogP contribution in [0.25, 0.3) is 0 Å². The third-order valence-corrected chi connectivity index (χ3v) is 10.1. The van der Waals surface area contributed by atoms with Crippen LogP contribution < -0.4 is 0 Å². The van der Waals surface area contributed by atoms with E-state index in [2.05, 4.69) is 57.2 Å². The molecule has 0 aliphatic carbocycles. The maximum atomic E-state index is 12.7. The third-order valence-electron chi connectivity index (χ3n) is 10.1. The molecule has 0 saturated carbocycles. The second-order valence-corrected chi connectivity index (χ2v) is 15.6. The molecule has 0 spiro atoms. The van der Waals surface area contributed by atoms with E-state index in [1.165, 1.54) is 122 Å². The molecule has 0 heterocycles. The van der Waals surface area contributed by atoms with Crippen LogP contribution in [0.1, 0.15) is 233 Å². The quantitative estimate of drug-likeness (QED) is 0.0265. The number of hydrogen-bond donors (Lipinski definition) is 0. The van der Waals surface area contributed by atoms with Crippen LogP contribution in [-0.2, 0) is 28.6 Å². The van der Waals surface area contributed by atoms with Gasteiger partial charge < -0.3 is 14.2 Å². The van der Waals surface area contributed by atoms with E-state index in [1.807, 2.05) is 12.2 Å². The predicted octanol–water partition coefficient (Wildman–Crippen LogP) is 15.1. The topological polar surface area (TPSA) is 78.9 Å². The molecule has 0 aliphatic heterocycles. The lowest BCUT2D eigenvalue weighted by atomic mass is 10.0. The van der Waals surface area contributed by atoms with Gasteiger partial charge in [-0.15, -0.1) is 0 Å². The standard InChI is InChI=1S/C50H88O6/c1-4-7-10-13-16-18-20-22-23-24-25-26-28-29-31-34-37-40-43-49(52)55-46-47(45-54-48(51)42-39-36-33-15-12-9-6-3)56-50(53)44-41-38-35-32-30-27-21-19-17-14-11-8-5-2/h8,11,17,19,27,30,35,38,47H,4-7,9-10,12-16,18,20-26,28-29,31-34,36-37,39-46H2,1-3H3/b11-8-,19-17-,30-27-,38-35-. The van der Waals surface area contributed by atoms with Crippen molar-refractivity contribution >= 4 is 17.9 Å². The van der Waals surface area contributed by atoms with Crippen molar-refractivity contribution in [3.63, 3.8) is 0 Å². The fourth-order valence-electron chi connectivity index (χ4n) is 6.57. The summed E-state index contributed by atoms with van der Waals surface area (Å²) in [4.78, 5) is 37.6. The molecule has 324 valence electrons. The molecule has 0 bridgehead atoms. The molecule has 0 rings (SSSR count). The number of rotatable bonds is 42. The van der Waals surface area contributed by atoms with Gasteiger partial charge in [-0.25, -0.2) is 0 Å². The first-order valence-electron chi connectivity index (χ1n) is 23.6. The van der Waals surface area contributed by atoms with Crippen LogP contribution in [-0.4, -0.2) is 37.2 Å². The smallest absolute Gasteiger partial charge is 0.306 e. The highest BCUT2D eigenvalue weighted by atomic mass is 16.6. The highest BCUT2D eigenvalue weighted by Gasteiger charge is 2.19. The lowest BCUT2D eigenvalue weighted by Crippen LogP contribution is -2.30. The summed E-state index contributed by atoms with van der Waals surface area (Å²) in [6.45, 7) is 6.42. The third kappa shape index (κ3) is 42.5. The first kappa shape index (κ1) is 53.4. The van der Waals surface area contributed by atoms with Gasteiger partial charge >= 0.3 is 17.9 Å². The zero-order chi connectivity index (χ0) is 40.8. The molecule has 0 aromatic carbocycles. The van der Waals surface area contributed by atoms with Gasteiger partial charge in [0.25, 0.3) is 0 Å². The molecule has 6 nitrogen and oxygen atoms in total. The summed E-state index contributed by atoms with van der Waals surface area (Å²) < 4.78 is 16.6. The van der Waals surface area contributed by atoms with Gasteiger partial charge in [0, 0.05) is 19.3 Å². The van der Waals surface area contributed by atoms with E-state index in [1.54, 1.807) is 0 Å². The minimum absolute atomic E-state index is 0.0989. The number of esters is 3. The summed E-state index contributed by atoms with van der Waals surface area (Å²) in [6.07, 6.45) is 52.7. The Kier molecular flexibility index (Phi) is 43.0. The molecule has 56 heavy (non-hydrogen) atoms. The van der Waals surface area contributed by atoms with Crippen molar-refractivity contribution < 1.29 is 28.6 Å². The van der Waals surface area contributed by atoms with Crippen LogP contribution in [0.3, 0.4) is 0 Å². The molecule has 0 N–H and O–H groups in total. The first-order chi connectivity index (χ1) is 27.5. The average Bonchev–Trinajstić information content (AvgIpc) is 3.19. The van der Waals surface area contributed by atoms with Crippen molar-refractivity contribution in [3.8, 4) is 0 Å². The predicted molar refractivity (Wildman–Crippen MR) is 238 cm³/mol. The maximum Gasteiger partial charge on any atom is 0.306 e. The van der Waals surface area contributed by atoms with E-state index in [0.717, 1.165) is 64.2 Å². The van der Waals surface area contributed by atoms with Crippen LogP contribution in [0.5, 0.6) is 0 Å². The largest absolute Gasteiger partial charge is 0.462 e. The molecule has 0 saturated heterocycles. The zero-order valence-electron chi connectivity index (χ0n) is 36.9. The monoisotopic (exact) mass is 785 g/mol. The van der Waals surface area contributed by atoms with Crippen LogP contribution in [0, 0.1) is 0 Å². The van der Waals surface area contributed by atoms with E-state index in [4.69, 9.17) is 14.2 Å². The Hall–Kier alpha value is -2.63. The lowest BCUT2D eigenvalue weighted by molar-refractivity contribution is -0.166. The van der Waals surface area contributed by atoms with Crippen molar-refractivity contribution in [2.45, 2.75) is 239 Å². The summed E-state index contributed by atoms with van der Waals surface area (Å²) in [5.74, 6) is -0.985. The minimum Gasteiger partial charge on any atom is -0.462 e. The number of hydrogen-bond acceptors (Lipinski definition) is 6. The van der Waals surface area contributed by atoms with Gasteiger partial charge in [-0.1, -0.05) is 217 Å². The average molecular weight is 785 g/mol. The van der Waals surface area contributed by atoms with E-state index < -0.39 is 6.10 Å². The molecule has 0 radical (unpaired) electrons. The molecule has 1 atom stereocenters. The molecule has 0 aliphatic rings. The van der Waals surface area contributed by atoms with E-state index in [9.17, 15) is 14.4 Å². The molecule has 0 fully saturated rings. The second-order valence-electron chi connectivity index (χ2n) is 15.6. The van der Waals surface area contributed by atoms with Crippen LogP contribution in [0.4, 0.5) is 0 Å². The molecular formula is C50H88O6. The van der Waals surface area contributed by atoms with Gasteiger partial charge in [-0.2, -0.15) is 0 Å². The van der Waals surface area contributed by atoms with Gasteiger partial charge in [0.15, 0.2) is 6.10 Å². The van der Waals surface area contributed by atoms with Crippen LogP contribution >= 0.6 is 0 Å². The first-order valence-corrected chi connectivity index (χ1v) is 23.6. The fourth-order valence-corrected chi connectivity index (χ4v) is 6.57. The highest BCUT2D eigenvalue weighted by molar-refractivity contribution is 5.71. The normalized spacial score (nSPS) is 12.4. The Balaban J connectivity index is 4.31. The highest BCUT2D eigenvalue weighted by Crippen LogP contribution is 2.15. The number of carbonyl (C=O) groups excluding carboxylic acids is 3. The summed E-state index contributed by atoms with van der Waals surface area (Å²) in [6, 6.07) is 0. The molecule has 0 aromatic heterocycles. The molecule has 0 amide bonds. The van der Waals surface area contributed by atoms with Crippen molar-refractivity contribution in [1.82, 2.24) is 0 Å². The Bertz CT molecular complexity index is 996. The summed E-state index contributed by atoms with van der Waals surface area (Å²) >= 11 is 0. The number of allylic oxidation sites excluding steroid dienone is 8. The summed E-state index contributed by atoms with van der Waals surface area (Å²) in [7, 11) is 0. The van der Waals surface area contributed by atoms with Gasteiger partial charge in [0.1, 0.15) is 13.2 Å². The van der Waals surface area contributed by atoms with E-state index >= 15 is 0 Å². The number of ether oxygens (including phenoxy) is 3. The molecule has 6 heteroatoms. The van der Waals surface area contributed by atoms with Crippen molar-refractivity contribution in [2.75, 3.05) is 13.2 Å². The van der Waals surface area contributed by atoms with E-state index in [0.29, 0.717) is 19.3 Å². The molecular weight excluding hydrogens is 697 g/mol. The second kappa shape index (κ2) is 45.1. The van der Waals surface area contributed by atoms with Crippen LogP contribution in [0.15, 0.2) is 48.6 Å². The van der Waals surface area contributed by atoms with Gasteiger partial charge in [-0.3, -0.25) is 14.4 Å². The van der Waals surface area contributed by atoms with Crippen molar-refractivity contribution in [1.29, 1.82) is 0 Å². The summed E-state index contributed by atoms with van der Waals surface area (Å²) in [5, 5.41) is 0. The van der Waals surface area contributed by atoms with Gasteiger partial charge in [0.2, 0.25) is 0 Å². The molecule has 1 unspecified atom stereocenters. The lowest BCUT2D eigenvalue weighted by Gasteiger charge is -2.18. The van der Waals surface area contributed by atoms with E-state index in [-0.39, 0.29) is 37.5 Å². The minimum atomic E-state index is -0.804. The fraction of sp³-hybridized carbons (Fsp3) is 0.780.